The number of hydrogen-bond donors (Lipinski definition) is 0. The van der Waals surface area contributed by atoms with Crippen molar-refractivity contribution in [3.05, 3.63) is 83.4 Å². The van der Waals surface area contributed by atoms with Gasteiger partial charge >= 0.3 is 0 Å². The first-order chi connectivity index (χ1) is 14.5. The Morgan fingerprint density at radius 1 is 0.800 bits per heavy atom. The number of anilines is 1. The van der Waals surface area contributed by atoms with Crippen LogP contribution in [0.4, 0.5) is 5.69 Å². The van der Waals surface area contributed by atoms with Crippen molar-refractivity contribution in [2.75, 3.05) is 19.1 Å². The number of hydrogen-bond acceptors (Lipinski definition) is 4. The largest absolute Gasteiger partial charge is 0.493 e. The number of methoxy groups -OCH3 is 2. The molecular formula is C25H25NO4. The van der Waals surface area contributed by atoms with E-state index in [-0.39, 0.29) is 11.9 Å². The normalized spacial score (nSPS) is 18.0. The molecule has 1 saturated heterocycles. The van der Waals surface area contributed by atoms with Gasteiger partial charge in [-0.25, -0.2) is 0 Å². The van der Waals surface area contributed by atoms with E-state index in [0.29, 0.717) is 17.2 Å². The van der Waals surface area contributed by atoms with Crippen LogP contribution in [0.5, 0.6) is 17.2 Å². The molecule has 30 heavy (non-hydrogen) atoms. The van der Waals surface area contributed by atoms with Crippen LogP contribution in [0.3, 0.4) is 0 Å². The number of nitrogens with zero attached hydrogens (tertiary/aromatic N) is 1. The Kier molecular flexibility index (Phi) is 5.36. The monoisotopic (exact) mass is 403 g/mol. The van der Waals surface area contributed by atoms with Crippen LogP contribution in [0.25, 0.3) is 0 Å². The Morgan fingerprint density at radius 3 is 2.20 bits per heavy atom. The summed E-state index contributed by atoms with van der Waals surface area (Å²) in [6.45, 7) is 4.11. The van der Waals surface area contributed by atoms with Crippen LogP contribution in [0.1, 0.15) is 22.7 Å². The Hall–Kier alpha value is -3.47. The molecular weight excluding hydrogens is 378 g/mol. The summed E-state index contributed by atoms with van der Waals surface area (Å²) in [5.41, 5.74) is 4.10. The Balaban J connectivity index is 1.74. The van der Waals surface area contributed by atoms with Crippen molar-refractivity contribution in [2.24, 2.45) is 0 Å². The summed E-state index contributed by atoms with van der Waals surface area (Å²) in [7, 11) is 3.21. The molecule has 4 rings (SSSR count). The predicted molar refractivity (Wildman–Crippen MR) is 117 cm³/mol. The second kappa shape index (κ2) is 8.11. The minimum absolute atomic E-state index is 0.0677. The van der Waals surface area contributed by atoms with Crippen molar-refractivity contribution >= 4 is 11.6 Å². The lowest BCUT2D eigenvalue weighted by molar-refractivity contribution is -0.135. The standard InChI is InChI=1S/C25H25NO4/c1-16-10-12-19(14-17(16)2)26-23(18-11-13-21(28-3)22(15-18)29-4)24(25(26)27)30-20-8-6-5-7-9-20/h5-15,23-24H,1-4H3/t23-,24+/m1/s1. The zero-order valence-electron chi connectivity index (χ0n) is 17.6. The Bertz CT molecular complexity index is 1060. The second-order valence-corrected chi connectivity index (χ2v) is 7.39. The van der Waals surface area contributed by atoms with Crippen LogP contribution in [0.15, 0.2) is 66.7 Å². The number of carbonyl (C=O) groups is 1. The predicted octanol–water partition coefficient (Wildman–Crippen LogP) is 4.86. The molecule has 0 saturated carbocycles. The number of ether oxygens (including phenoxy) is 3. The summed E-state index contributed by atoms with van der Waals surface area (Å²) in [5, 5.41) is 0. The lowest BCUT2D eigenvalue weighted by Gasteiger charge is -2.46. The first-order valence-electron chi connectivity index (χ1n) is 9.87. The lowest BCUT2D eigenvalue weighted by atomic mass is 9.89. The molecule has 0 aliphatic carbocycles. The van der Waals surface area contributed by atoms with Crippen molar-refractivity contribution in [1.82, 2.24) is 0 Å². The molecule has 1 heterocycles. The summed E-state index contributed by atoms with van der Waals surface area (Å²) in [5.74, 6) is 1.86. The van der Waals surface area contributed by atoms with Gasteiger partial charge in [-0.05, 0) is 66.9 Å². The molecule has 5 nitrogen and oxygen atoms in total. The van der Waals surface area contributed by atoms with E-state index in [1.165, 1.54) is 5.56 Å². The maximum Gasteiger partial charge on any atom is 0.271 e. The molecule has 0 bridgehead atoms. The third-order valence-corrected chi connectivity index (χ3v) is 5.57. The lowest BCUT2D eigenvalue weighted by Crippen LogP contribution is -2.61. The summed E-state index contributed by atoms with van der Waals surface area (Å²) in [6.07, 6.45) is -0.618. The highest BCUT2D eigenvalue weighted by atomic mass is 16.5. The van der Waals surface area contributed by atoms with E-state index in [1.807, 2.05) is 73.7 Å². The number of benzene rings is 3. The molecule has 2 atom stereocenters. The van der Waals surface area contributed by atoms with Gasteiger partial charge in [-0.3, -0.25) is 9.69 Å². The van der Waals surface area contributed by atoms with Gasteiger partial charge in [0.25, 0.3) is 5.91 Å². The molecule has 1 amide bonds. The molecule has 1 fully saturated rings. The molecule has 3 aromatic rings. The third-order valence-electron chi connectivity index (χ3n) is 5.57. The average Bonchev–Trinajstić information content (AvgIpc) is 2.78. The number of carbonyl (C=O) groups excluding carboxylic acids is 1. The van der Waals surface area contributed by atoms with E-state index in [1.54, 1.807) is 19.1 Å². The van der Waals surface area contributed by atoms with Crippen molar-refractivity contribution in [3.63, 3.8) is 0 Å². The van der Waals surface area contributed by atoms with E-state index in [0.717, 1.165) is 16.8 Å². The number of aryl methyl sites for hydroxylation is 2. The molecule has 3 aromatic carbocycles. The molecule has 5 heteroatoms. The number of β-lactam (4-membered cyclic amide) rings is 1. The van der Waals surface area contributed by atoms with E-state index >= 15 is 0 Å². The van der Waals surface area contributed by atoms with Crippen LogP contribution >= 0.6 is 0 Å². The van der Waals surface area contributed by atoms with Gasteiger partial charge < -0.3 is 14.2 Å². The molecule has 0 N–H and O–H groups in total. The maximum atomic E-state index is 13.2. The quantitative estimate of drug-likeness (QED) is 0.552. The van der Waals surface area contributed by atoms with Crippen molar-refractivity contribution in [3.8, 4) is 17.2 Å². The molecule has 0 aromatic heterocycles. The molecule has 1 aliphatic heterocycles. The topological polar surface area (TPSA) is 48.0 Å². The van der Waals surface area contributed by atoms with Gasteiger partial charge in [0.15, 0.2) is 11.5 Å². The first kappa shape index (κ1) is 19.8. The SMILES string of the molecule is COc1ccc([C@@H]2[C@H](Oc3ccccc3)C(=O)N2c2ccc(C)c(C)c2)cc1OC. The van der Waals surface area contributed by atoms with Crippen LogP contribution in [-0.4, -0.2) is 26.2 Å². The highest BCUT2D eigenvalue weighted by molar-refractivity contribution is 6.05. The minimum Gasteiger partial charge on any atom is -0.493 e. The summed E-state index contributed by atoms with van der Waals surface area (Å²) in [4.78, 5) is 15.0. The number of rotatable bonds is 6. The number of amides is 1. The fourth-order valence-electron chi connectivity index (χ4n) is 3.75. The van der Waals surface area contributed by atoms with Crippen LogP contribution < -0.4 is 19.1 Å². The zero-order chi connectivity index (χ0) is 21.3. The van der Waals surface area contributed by atoms with Crippen LogP contribution in [0, 0.1) is 13.8 Å². The van der Waals surface area contributed by atoms with Gasteiger partial charge in [-0.2, -0.15) is 0 Å². The maximum absolute atomic E-state index is 13.2. The van der Waals surface area contributed by atoms with Gasteiger partial charge in [0.2, 0.25) is 6.10 Å². The van der Waals surface area contributed by atoms with Gasteiger partial charge in [-0.1, -0.05) is 30.3 Å². The molecule has 154 valence electrons. The summed E-state index contributed by atoms with van der Waals surface area (Å²) < 4.78 is 17.0. The van der Waals surface area contributed by atoms with Crippen molar-refractivity contribution in [1.29, 1.82) is 0 Å². The van der Waals surface area contributed by atoms with E-state index in [9.17, 15) is 4.79 Å². The molecule has 0 radical (unpaired) electrons. The zero-order valence-corrected chi connectivity index (χ0v) is 17.6. The first-order valence-corrected chi connectivity index (χ1v) is 9.87. The second-order valence-electron chi connectivity index (χ2n) is 7.39. The van der Waals surface area contributed by atoms with Gasteiger partial charge in [0.05, 0.1) is 14.2 Å². The highest BCUT2D eigenvalue weighted by Gasteiger charge is 2.51. The molecule has 0 spiro atoms. The number of para-hydroxylation sites is 1. The van der Waals surface area contributed by atoms with E-state index in [2.05, 4.69) is 6.92 Å². The molecule has 0 unspecified atom stereocenters. The smallest absolute Gasteiger partial charge is 0.271 e. The van der Waals surface area contributed by atoms with E-state index in [4.69, 9.17) is 14.2 Å². The summed E-state index contributed by atoms with van der Waals surface area (Å²) in [6, 6.07) is 20.9. The Morgan fingerprint density at radius 2 is 1.53 bits per heavy atom. The highest BCUT2D eigenvalue weighted by Crippen LogP contribution is 2.43. The summed E-state index contributed by atoms with van der Waals surface area (Å²) >= 11 is 0. The minimum atomic E-state index is -0.618. The van der Waals surface area contributed by atoms with Crippen molar-refractivity contribution in [2.45, 2.75) is 26.0 Å². The van der Waals surface area contributed by atoms with Gasteiger partial charge in [0, 0.05) is 5.69 Å². The van der Waals surface area contributed by atoms with Crippen LogP contribution in [-0.2, 0) is 4.79 Å². The fraction of sp³-hybridized carbons (Fsp3) is 0.240. The van der Waals surface area contributed by atoms with Gasteiger partial charge in [0.1, 0.15) is 11.8 Å². The third kappa shape index (κ3) is 3.47. The fourth-order valence-corrected chi connectivity index (χ4v) is 3.75. The van der Waals surface area contributed by atoms with Gasteiger partial charge in [-0.15, -0.1) is 0 Å². The van der Waals surface area contributed by atoms with Crippen LogP contribution in [0.2, 0.25) is 0 Å². The van der Waals surface area contributed by atoms with Crippen molar-refractivity contribution < 1.29 is 19.0 Å². The molecule has 1 aliphatic rings. The Labute approximate surface area is 176 Å². The average molecular weight is 403 g/mol. The van der Waals surface area contributed by atoms with E-state index < -0.39 is 6.10 Å².